The maximum absolute atomic E-state index is 11.2. The second-order valence-electron chi connectivity index (χ2n) is 4.03. The lowest BCUT2D eigenvalue weighted by Crippen LogP contribution is -2.36. The Morgan fingerprint density at radius 1 is 1.54 bits per heavy atom. The molecular formula is C9H16ClNO2. The Kier molecular flexibility index (Phi) is 2.88. The molecule has 1 spiro atoms. The summed E-state index contributed by atoms with van der Waals surface area (Å²) in [7, 11) is 0. The molecule has 2 saturated carbocycles. The van der Waals surface area contributed by atoms with Crippen molar-refractivity contribution >= 4 is 18.4 Å². The van der Waals surface area contributed by atoms with Crippen LogP contribution in [0.5, 0.6) is 0 Å². The molecule has 3 nitrogen and oxygen atoms in total. The molecule has 0 aromatic heterocycles. The third-order valence-electron chi connectivity index (χ3n) is 3.18. The van der Waals surface area contributed by atoms with E-state index in [2.05, 4.69) is 0 Å². The minimum atomic E-state index is -0.0257. The lowest BCUT2D eigenvalue weighted by molar-refractivity contribution is -0.153. The topological polar surface area (TPSA) is 52.3 Å². The highest BCUT2D eigenvalue weighted by molar-refractivity contribution is 5.85. The van der Waals surface area contributed by atoms with Crippen LogP contribution in [0, 0.1) is 11.3 Å². The summed E-state index contributed by atoms with van der Waals surface area (Å²) in [6, 6.07) is 0.364. The monoisotopic (exact) mass is 205 g/mol. The van der Waals surface area contributed by atoms with Crippen LogP contribution in [0.15, 0.2) is 0 Å². The van der Waals surface area contributed by atoms with Gasteiger partial charge < -0.3 is 10.5 Å². The van der Waals surface area contributed by atoms with Crippen LogP contribution in [0.25, 0.3) is 0 Å². The molecule has 4 heteroatoms. The van der Waals surface area contributed by atoms with Crippen molar-refractivity contribution in [2.24, 2.45) is 17.1 Å². The van der Waals surface area contributed by atoms with Gasteiger partial charge in [0.2, 0.25) is 0 Å². The SMILES string of the molecule is CCOC(=O)C1CC2(C1)CC2N.Cl. The molecule has 0 saturated heterocycles. The van der Waals surface area contributed by atoms with Gasteiger partial charge in [-0.25, -0.2) is 0 Å². The number of hydrogen-bond acceptors (Lipinski definition) is 3. The Morgan fingerprint density at radius 3 is 2.46 bits per heavy atom. The maximum Gasteiger partial charge on any atom is 0.308 e. The predicted molar refractivity (Wildman–Crippen MR) is 51.6 cm³/mol. The largest absolute Gasteiger partial charge is 0.466 e. The van der Waals surface area contributed by atoms with Crippen molar-refractivity contribution in [3.63, 3.8) is 0 Å². The van der Waals surface area contributed by atoms with E-state index in [0.29, 0.717) is 18.1 Å². The highest BCUT2D eigenvalue weighted by Gasteiger charge is 2.61. The van der Waals surface area contributed by atoms with Crippen molar-refractivity contribution in [1.82, 2.24) is 0 Å². The fourth-order valence-electron chi connectivity index (χ4n) is 2.20. The molecule has 2 N–H and O–H groups in total. The van der Waals surface area contributed by atoms with Crippen LogP contribution in [-0.2, 0) is 9.53 Å². The Bertz CT molecular complexity index is 214. The Hall–Kier alpha value is -0.280. The van der Waals surface area contributed by atoms with Crippen LogP contribution in [0.4, 0.5) is 0 Å². The maximum atomic E-state index is 11.2. The van der Waals surface area contributed by atoms with E-state index >= 15 is 0 Å². The third kappa shape index (κ3) is 1.67. The number of rotatable bonds is 2. The van der Waals surface area contributed by atoms with Crippen molar-refractivity contribution in [3.8, 4) is 0 Å². The van der Waals surface area contributed by atoms with Gasteiger partial charge in [0, 0.05) is 6.04 Å². The van der Waals surface area contributed by atoms with Crippen molar-refractivity contribution < 1.29 is 9.53 Å². The van der Waals surface area contributed by atoms with Gasteiger partial charge >= 0.3 is 5.97 Å². The van der Waals surface area contributed by atoms with Gasteiger partial charge in [0.15, 0.2) is 0 Å². The van der Waals surface area contributed by atoms with E-state index in [0.717, 1.165) is 19.3 Å². The molecule has 0 aromatic rings. The van der Waals surface area contributed by atoms with Crippen molar-refractivity contribution in [2.45, 2.75) is 32.2 Å². The minimum absolute atomic E-state index is 0. The van der Waals surface area contributed by atoms with Gasteiger partial charge in [0.1, 0.15) is 0 Å². The van der Waals surface area contributed by atoms with E-state index in [4.69, 9.17) is 10.5 Å². The van der Waals surface area contributed by atoms with Gasteiger partial charge in [-0.2, -0.15) is 0 Å². The fraction of sp³-hybridized carbons (Fsp3) is 0.889. The van der Waals surface area contributed by atoms with Crippen LogP contribution < -0.4 is 5.73 Å². The zero-order valence-electron chi connectivity index (χ0n) is 7.79. The molecule has 13 heavy (non-hydrogen) atoms. The van der Waals surface area contributed by atoms with Crippen LogP contribution in [-0.4, -0.2) is 18.6 Å². The molecule has 0 amide bonds. The molecule has 1 atom stereocenters. The fourth-order valence-corrected chi connectivity index (χ4v) is 2.20. The van der Waals surface area contributed by atoms with Crippen molar-refractivity contribution in [3.05, 3.63) is 0 Å². The summed E-state index contributed by atoms with van der Waals surface area (Å²) in [4.78, 5) is 11.2. The van der Waals surface area contributed by atoms with Crippen LogP contribution in [0.1, 0.15) is 26.2 Å². The van der Waals surface area contributed by atoms with E-state index in [-0.39, 0.29) is 24.3 Å². The Labute approximate surface area is 84.4 Å². The number of carbonyl (C=O) groups excluding carboxylic acids is 1. The van der Waals surface area contributed by atoms with Gasteiger partial charge in [-0.1, -0.05) is 0 Å². The van der Waals surface area contributed by atoms with Gasteiger partial charge in [-0.15, -0.1) is 12.4 Å². The quantitative estimate of drug-likeness (QED) is 0.687. The molecular weight excluding hydrogens is 190 g/mol. The van der Waals surface area contributed by atoms with E-state index in [1.165, 1.54) is 0 Å². The van der Waals surface area contributed by atoms with Crippen molar-refractivity contribution in [2.75, 3.05) is 6.61 Å². The normalized spacial score (nSPS) is 40.5. The summed E-state index contributed by atoms with van der Waals surface area (Å²) in [6.45, 7) is 2.34. The Balaban J connectivity index is 0.000000845. The van der Waals surface area contributed by atoms with E-state index in [1.54, 1.807) is 0 Å². The molecule has 76 valence electrons. The first-order valence-electron chi connectivity index (χ1n) is 4.60. The summed E-state index contributed by atoms with van der Waals surface area (Å²) in [5.41, 5.74) is 6.11. The number of nitrogens with two attached hydrogens (primary N) is 1. The highest BCUT2D eigenvalue weighted by atomic mass is 35.5. The second-order valence-corrected chi connectivity index (χ2v) is 4.03. The molecule has 2 fully saturated rings. The minimum Gasteiger partial charge on any atom is -0.466 e. The summed E-state index contributed by atoms with van der Waals surface area (Å²) < 4.78 is 4.92. The van der Waals surface area contributed by atoms with Gasteiger partial charge in [-0.05, 0) is 31.6 Å². The second kappa shape index (κ2) is 3.46. The molecule has 2 aliphatic rings. The summed E-state index contributed by atoms with van der Waals surface area (Å²) in [5.74, 6) is 0.126. The lowest BCUT2D eigenvalue weighted by Gasteiger charge is -2.34. The lowest BCUT2D eigenvalue weighted by atomic mass is 9.71. The first-order valence-corrected chi connectivity index (χ1v) is 4.60. The first kappa shape index (κ1) is 10.8. The highest BCUT2D eigenvalue weighted by Crippen LogP contribution is 2.62. The molecule has 2 aliphatic carbocycles. The molecule has 0 aromatic carbocycles. The summed E-state index contributed by atoms with van der Waals surface area (Å²) in [5, 5.41) is 0. The summed E-state index contributed by atoms with van der Waals surface area (Å²) >= 11 is 0. The molecule has 2 rings (SSSR count). The average Bonchev–Trinajstić information content (AvgIpc) is 2.59. The number of ether oxygens (including phenoxy) is 1. The number of esters is 1. The zero-order valence-corrected chi connectivity index (χ0v) is 8.60. The molecule has 0 aliphatic heterocycles. The Morgan fingerprint density at radius 2 is 2.08 bits per heavy atom. The molecule has 0 heterocycles. The van der Waals surface area contributed by atoms with Crippen LogP contribution >= 0.6 is 12.4 Å². The van der Waals surface area contributed by atoms with Crippen LogP contribution in [0.3, 0.4) is 0 Å². The van der Waals surface area contributed by atoms with E-state index < -0.39 is 0 Å². The predicted octanol–water partition coefficient (Wildman–Crippen LogP) is 1.10. The number of halogens is 1. The third-order valence-corrected chi connectivity index (χ3v) is 3.18. The number of hydrogen-bond donors (Lipinski definition) is 1. The van der Waals surface area contributed by atoms with E-state index in [9.17, 15) is 4.79 Å². The standard InChI is InChI=1S/C9H15NO2.ClH/c1-2-12-8(11)6-3-9(4-6)5-7(9)10;/h6-7H,2-5,10H2,1H3;1H. The molecule has 0 radical (unpaired) electrons. The van der Waals surface area contributed by atoms with Gasteiger partial charge in [-0.3, -0.25) is 4.79 Å². The molecule has 1 unspecified atom stereocenters. The van der Waals surface area contributed by atoms with Crippen molar-refractivity contribution in [1.29, 1.82) is 0 Å². The van der Waals surface area contributed by atoms with E-state index in [1.807, 2.05) is 6.92 Å². The first-order chi connectivity index (χ1) is 5.68. The molecule has 0 bridgehead atoms. The summed E-state index contributed by atoms with van der Waals surface area (Å²) in [6.07, 6.45) is 3.04. The smallest absolute Gasteiger partial charge is 0.308 e. The van der Waals surface area contributed by atoms with Gasteiger partial charge in [0.25, 0.3) is 0 Å². The van der Waals surface area contributed by atoms with Crippen LogP contribution in [0.2, 0.25) is 0 Å². The number of carbonyl (C=O) groups is 1. The zero-order chi connectivity index (χ0) is 8.77. The average molecular weight is 206 g/mol. The van der Waals surface area contributed by atoms with Gasteiger partial charge in [0.05, 0.1) is 12.5 Å².